The van der Waals surface area contributed by atoms with Gasteiger partial charge in [0.1, 0.15) is 0 Å². The summed E-state index contributed by atoms with van der Waals surface area (Å²) in [5, 5.41) is 0. The van der Waals surface area contributed by atoms with Crippen molar-refractivity contribution in [3.8, 4) is 0 Å². The predicted octanol–water partition coefficient (Wildman–Crippen LogP) is 0.832. The van der Waals surface area contributed by atoms with Crippen LogP contribution >= 0.6 is 12.4 Å². The van der Waals surface area contributed by atoms with Gasteiger partial charge in [0.05, 0.1) is 24.0 Å². The second kappa shape index (κ2) is 5.71. The molecule has 0 aliphatic carbocycles. The van der Waals surface area contributed by atoms with E-state index in [1.54, 1.807) is 0 Å². The third kappa shape index (κ3) is 2.31. The number of imide groups is 1. The fraction of sp³-hybridized carbons (Fsp3) is 0.733. The molecule has 6 heteroatoms. The van der Waals surface area contributed by atoms with Gasteiger partial charge >= 0.3 is 0 Å². The van der Waals surface area contributed by atoms with Gasteiger partial charge in [-0.2, -0.15) is 0 Å². The molecule has 3 saturated heterocycles. The van der Waals surface area contributed by atoms with E-state index < -0.39 is 0 Å². The van der Waals surface area contributed by atoms with Gasteiger partial charge in [-0.25, -0.2) is 0 Å². The topological polar surface area (TPSA) is 49.9 Å². The molecule has 4 rings (SSSR count). The van der Waals surface area contributed by atoms with Gasteiger partial charge in [-0.05, 0) is 25.9 Å². The Morgan fingerprint density at radius 3 is 2.10 bits per heavy atom. The average molecular weight is 313 g/mol. The van der Waals surface area contributed by atoms with Crippen molar-refractivity contribution >= 4 is 24.2 Å². The Hall–Kier alpha value is -0.910. The summed E-state index contributed by atoms with van der Waals surface area (Å²) in [5.74, 6) is -0.541. The molecular weight excluding hydrogens is 292 g/mol. The van der Waals surface area contributed by atoms with Gasteiger partial charge in [-0.1, -0.05) is 18.6 Å². The van der Waals surface area contributed by atoms with E-state index in [0.29, 0.717) is 6.54 Å². The molecule has 21 heavy (non-hydrogen) atoms. The standard InChI is InChI=1S/C15H20N2O3.ClH/c18-14-12-10-4-5-11(20-10)13(12)15(19)17(14)9-8-16-6-2-1-3-7-16;/h4-5,10-13H,1-3,6-9H2;1H. The summed E-state index contributed by atoms with van der Waals surface area (Å²) in [4.78, 5) is 28.7. The maximum absolute atomic E-state index is 12.4. The van der Waals surface area contributed by atoms with Gasteiger partial charge in [0.25, 0.3) is 0 Å². The molecule has 5 nitrogen and oxygen atoms in total. The van der Waals surface area contributed by atoms with Crippen molar-refractivity contribution in [3.63, 3.8) is 0 Å². The molecule has 0 spiro atoms. The van der Waals surface area contributed by atoms with Crippen LogP contribution in [-0.4, -0.2) is 60.0 Å². The normalized spacial score (nSPS) is 38.0. The maximum atomic E-state index is 12.4. The van der Waals surface area contributed by atoms with Crippen LogP contribution in [0.25, 0.3) is 0 Å². The third-order valence-electron chi connectivity index (χ3n) is 5.09. The minimum Gasteiger partial charge on any atom is -0.365 e. The SMILES string of the molecule is Cl.O=C1C2C3C=CC(O3)C2C(=O)N1CCN1CCCCC1. The molecule has 4 atom stereocenters. The van der Waals surface area contributed by atoms with Gasteiger partial charge in [-0.3, -0.25) is 14.5 Å². The van der Waals surface area contributed by atoms with E-state index in [1.165, 1.54) is 24.2 Å². The number of nitrogens with zero attached hydrogens (tertiary/aromatic N) is 2. The molecule has 2 bridgehead atoms. The first kappa shape index (κ1) is 15.0. The molecule has 116 valence electrons. The summed E-state index contributed by atoms with van der Waals surface area (Å²) in [7, 11) is 0. The number of hydrogen-bond donors (Lipinski definition) is 0. The number of hydrogen-bond acceptors (Lipinski definition) is 4. The number of likely N-dealkylation sites (tertiary alicyclic amines) is 2. The second-order valence-electron chi connectivity index (χ2n) is 6.23. The molecule has 4 heterocycles. The number of rotatable bonds is 3. The van der Waals surface area contributed by atoms with E-state index in [1.807, 2.05) is 12.2 Å². The van der Waals surface area contributed by atoms with Gasteiger partial charge in [0.2, 0.25) is 11.8 Å². The quantitative estimate of drug-likeness (QED) is 0.572. The van der Waals surface area contributed by atoms with Crippen LogP contribution in [0.3, 0.4) is 0 Å². The minimum absolute atomic E-state index is 0. The first-order valence-corrected chi connectivity index (χ1v) is 7.67. The van der Waals surface area contributed by atoms with Crippen molar-refractivity contribution in [1.82, 2.24) is 9.80 Å². The zero-order valence-electron chi connectivity index (χ0n) is 11.9. The Morgan fingerprint density at radius 2 is 1.52 bits per heavy atom. The highest BCUT2D eigenvalue weighted by Crippen LogP contribution is 2.44. The van der Waals surface area contributed by atoms with Crippen LogP contribution in [-0.2, 0) is 14.3 Å². The summed E-state index contributed by atoms with van der Waals surface area (Å²) < 4.78 is 5.63. The highest BCUT2D eigenvalue weighted by molar-refractivity contribution is 6.06. The smallest absolute Gasteiger partial charge is 0.236 e. The number of amides is 2. The molecule has 2 amide bonds. The van der Waals surface area contributed by atoms with Gasteiger partial charge in [0.15, 0.2) is 0 Å². The number of piperidine rings is 1. The molecule has 3 fully saturated rings. The van der Waals surface area contributed by atoms with E-state index >= 15 is 0 Å². The molecular formula is C15H21ClN2O3. The molecule has 0 radical (unpaired) electrons. The molecule has 0 aromatic heterocycles. The molecule has 0 saturated carbocycles. The third-order valence-corrected chi connectivity index (χ3v) is 5.09. The van der Waals surface area contributed by atoms with E-state index in [9.17, 15) is 9.59 Å². The fourth-order valence-corrected chi connectivity index (χ4v) is 4.01. The van der Waals surface area contributed by atoms with Crippen LogP contribution < -0.4 is 0 Å². The van der Waals surface area contributed by atoms with E-state index in [0.717, 1.165) is 19.6 Å². The second-order valence-corrected chi connectivity index (χ2v) is 6.23. The van der Waals surface area contributed by atoms with Crippen molar-refractivity contribution in [2.45, 2.75) is 31.5 Å². The van der Waals surface area contributed by atoms with Crippen LogP contribution in [0.2, 0.25) is 0 Å². The maximum Gasteiger partial charge on any atom is 0.236 e. The van der Waals surface area contributed by atoms with Gasteiger partial charge in [-0.15, -0.1) is 12.4 Å². The van der Waals surface area contributed by atoms with Crippen LogP contribution in [0.1, 0.15) is 19.3 Å². The zero-order valence-corrected chi connectivity index (χ0v) is 12.8. The summed E-state index contributed by atoms with van der Waals surface area (Å²) in [6.07, 6.45) is 7.30. The Morgan fingerprint density at radius 1 is 0.952 bits per heavy atom. The van der Waals surface area contributed by atoms with Crippen LogP contribution in [0, 0.1) is 11.8 Å². The fourth-order valence-electron chi connectivity index (χ4n) is 4.01. The Kier molecular flexibility index (Phi) is 4.08. The van der Waals surface area contributed by atoms with Crippen molar-refractivity contribution in [1.29, 1.82) is 0 Å². The van der Waals surface area contributed by atoms with Crippen molar-refractivity contribution in [2.24, 2.45) is 11.8 Å². The highest BCUT2D eigenvalue weighted by Gasteiger charge is 2.60. The summed E-state index contributed by atoms with van der Waals surface area (Å²) in [6.45, 7) is 3.56. The van der Waals surface area contributed by atoms with E-state index in [-0.39, 0.29) is 48.3 Å². The van der Waals surface area contributed by atoms with E-state index in [4.69, 9.17) is 4.74 Å². The van der Waals surface area contributed by atoms with Crippen molar-refractivity contribution in [3.05, 3.63) is 12.2 Å². The van der Waals surface area contributed by atoms with E-state index in [2.05, 4.69) is 4.90 Å². The number of fused-ring (bicyclic) bond motifs is 5. The van der Waals surface area contributed by atoms with Gasteiger partial charge < -0.3 is 9.64 Å². The highest BCUT2D eigenvalue weighted by atomic mass is 35.5. The lowest BCUT2D eigenvalue weighted by molar-refractivity contribution is -0.142. The van der Waals surface area contributed by atoms with Crippen molar-refractivity contribution in [2.75, 3.05) is 26.2 Å². The lowest BCUT2D eigenvalue weighted by atomic mass is 9.85. The first-order valence-electron chi connectivity index (χ1n) is 7.67. The average Bonchev–Trinajstić information content (AvgIpc) is 3.13. The lowest BCUT2D eigenvalue weighted by Crippen LogP contribution is -2.42. The van der Waals surface area contributed by atoms with Gasteiger partial charge in [0, 0.05) is 13.1 Å². The summed E-state index contributed by atoms with van der Waals surface area (Å²) >= 11 is 0. The molecule has 4 aliphatic heterocycles. The Labute approximate surface area is 130 Å². The number of ether oxygens (including phenoxy) is 1. The largest absolute Gasteiger partial charge is 0.365 e. The monoisotopic (exact) mass is 312 g/mol. The summed E-state index contributed by atoms with van der Waals surface area (Å²) in [6, 6.07) is 0. The van der Waals surface area contributed by atoms with Crippen molar-refractivity contribution < 1.29 is 14.3 Å². The number of halogens is 1. The minimum atomic E-state index is -0.251. The van der Waals surface area contributed by atoms with Crippen LogP contribution in [0.15, 0.2) is 12.2 Å². The lowest BCUT2D eigenvalue weighted by Gasteiger charge is -2.28. The number of carbonyl (C=O) groups excluding carboxylic acids is 2. The van der Waals surface area contributed by atoms with Crippen LogP contribution in [0.5, 0.6) is 0 Å². The Bertz CT molecular complexity index is 446. The predicted molar refractivity (Wildman–Crippen MR) is 79.0 cm³/mol. The molecule has 4 aliphatic rings. The molecule has 0 N–H and O–H groups in total. The molecule has 4 unspecified atom stereocenters. The first-order chi connectivity index (χ1) is 9.75. The number of carbonyl (C=O) groups is 2. The zero-order chi connectivity index (χ0) is 13.7. The molecule has 0 aromatic rings. The Balaban J connectivity index is 0.00000132. The molecule has 0 aromatic carbocycles. The summed E-state index contributed by atoms with van der Waals surface area (Å²) in [5.41, 5.74) is 0. The van der Waals surface area contributed by atoms with Crippen LogP contribution in [0.4, 0.5) is 0 Å².